The molecular formula is C21H21N3O. The summed E-state index contributed by atoms with van der Waals surface area (Å²) in [6.07, 6.45) is 4.97. The summed E-state index contributed by atoms with van der Waals surface area (Å²) in [6, 6.07) is 18.3. The first-order valence-electron chi connectivity index (χ1n) is 8.69. The van der Waals surface area contributed by atoms with Crippen molar-refractivity contribution in [1.29, 1.82) is 0 Å². The third-order valence-electron chi connectivity index (χ3n) is 5.07. The van der Waals surface area contributed by atoms with Crippen LogP contribution in [0.4, 0.5) is 0 Å². The quantitative estimate of drug-likeness (QED) is 0.781. The maximum absolute atomic E-state index is 13.0. The molecule has 4 heteroatoms. The van der Waals surface area contributed by atoms with Gasteiger partial charge in [0.2, 0.25) is 0 Å². The summed E-state index contributed by atoms with van der Waals surface area (Å²) >= 11 is 0. The van der Waals surface area contributed by atoms with Crippen LogP contribution in [-0.2, 0) is 6.42 Å². The van der Waals surface area contributed by atoms with Gasteiger partial charge in [-0.25, -0.2) is 0 Å². The average molecular weight is 331 g/mol. The summed E-state index contributed by atoms with van der Waals surface area (Å²) in [4.78, 5) is 14.8. The van der Waals surface area contributed by atoms with Crippen LogP contribution in [0.25, 0.3) is 11.3 Å². The van der Waals surface area contributed by atoms with Gasteiger partial charge >= 0.3 is 0 Å². The standard InChI is InChI=1S/C21H21N3O/c1-24(20-8-4-6-15-5-2-3-7-18(15)20)21(25)17-11-9-16(10-12-17)19-13-14-22-23-19/h2-3,5,7,9-14,20H,4,6,8H2,1H3,(H,22,23)/t20-/m0/s1. The lowest BCUT2D eigenvalue weighted by Crippen LogP contribution is -2.33. The molecule has 0 aliphatic heterocycles. The maximum Gasteiger partial charge on any atom is 0.254 e. The van der Waals surface area contributed by atoms with Gasteiger partial charge in [-0.1, -0.05) is 36.4 Å². The average Bonchev–Trinajstić information content (AvgIpc) is 3.21. The van der Waals surface area contributed by atoms with Crippen LogP contribution < -0.4 is 0 Å². The molecule has 4 nitrogen and oxygen atoms in total. The van der Waals surface area contributed by atoms with Gasteiger partial charge in [0.25, 0.3) is 5.91 Å². The number of nitrogens with zero attached hydrogens (tertiary/aromatic N) is 2. The number of carbonyl (C=O) groups is 1. The highest BCUT2D eigenvalue weighted by molar-refractivity contribution is 5.94. The predicted molar refractivity (Wildman–Crippen MR) is 98.2 cm³/mol. The highest BCUT2D eigenvalue weighted by Gasteiger charge is 2.27. The van der Waals surface area contributed by atoms with Crippen LogP contribution in [0.15, 0.2) is 60.8 Å². The molecule has 3 aromatic rings. The van der Waals surface area contributed by atoms with Crippen molar-refractivity contribution >= 4 is 5.91 Å². The Balaban J connectivity index is 1.57. The van der Waals surface area contributed by atoms with E-state index in [-0.39, 0.29) is 11.9 Å². The second-order valence-electron chi connectivity index (χ2n) is 6.57. The Labute approximate surface area is 147 Å². The second-order valence-corrected chi connectivity index (χ2v) is 6.57. The Morgan fingerprint density at radius 1 is 1.12 bits per heavy atom. The Kier molecular flexibility index (Phi) is 4.10. The zero-order valence-electron chi connectivity index (χ0n) is 14.3. The first kappa shape index (κ1) is 15.6. The van der Waals surface area contributed by atoms with E-state index in [1.54, 1.807) is 6.20 Å². The van der Waals surface area contributed by atoms with Gasteiger partial charge in [0.1, 0.15) is 0 Å². The molecular weight excluding hydrogens is 310 g/mol. The van der Waals surface area contributed by atoms with Crippen LogP contribution in [0.1, 0.15) is 40.4 Å². The van der Waals surface area contributed by atoms with E-state index in [1.807, 2.05) is 42.3 Å². The van der Waals surface area contributed by atoms with Gasteiger partial charge in [0.05, 0.1) is 11.7 Å². The normalized spacial score (nSPS) is 16.3. The van der Waals surface area contributed by atoms with Crippen molar-refractivity contribution in [2.75, 3.05) is 7.05 Å². The van der Waals surface area contributed by atoms with Crippen molar-refractivity contribution in [2.45, 2.75) is 25.3 Å². The zero-order chi connectivity index (χ0) is 17.2. The number of amides is 1. The topological polar surface area (TPSA) is 49.0 Å². The van der Waals surface area contributed by atoms with E-state index >= 15 is 0 Å². The number of benzene rings is 2. The molecule has 0 unspecified atom stereocenters. The first-order valence-corrected chi connectivity index (χ1v) is 8.69. The summed E-state index contributed by atoms with van der Waals surface area (Å²) in [5.41, 5.74) is 5.36. The van der Waals surface area contributed by atoms with Gasteiger partial charge in [0, 0.05) is 18.8 Å². The van der Waals surface area contributed by atoms with Crippen molar-refractivity contribution in [3.05, 3.63) is 77.5 Å². The highest BCUT2D eigenvalue weighted by Crippen LogP contribution is 2.34. The number of carbonyl (C=O) groups excluding carboxylic acids is 1. The van der Waals surface area contributed by atoms with Gasteiger partial charge in [-0.05, 0) is 54.2 Å². The lowest BCUT2D eigenvalue weighted by atomic mass is 9.87. The maximum atomic E-state index is 13.0. The largest absolute Gasteiger partial charge is 0.335 e. The second kappa shape index (κ2) is 6.55. The van der Waals surface area contributed by atoms with Gasteiger partial charge in [-0.3, -0.25) is 9.89 Å². The number of fused-ring (bicyclic) bond motifs is 1. The third-order valence-corrected chi connectivity index (χ3v) is 5.07. The van der Waals surface area contributed by atoms with E-state index in [0.717, 1.165) is 30.5 Å². The van der Waals surface area contributed by atoms with Crippen LogP contribution in [0.5, 0.6) is 0 Å². The lowest BCUT2D eigenvalue weighted by Gasteiger charge is -2.33. The van der Waals surface area contributed by atoms with E-state index in [0.29, 0.717) is 5.56 Å². The number of aromatic nitrogens is 2. The molecule has 4 rings (SSSR count). The van der Waals surface area contributed by atoms with Crippen LogP contribution in [0.3, 0.4) is 0 Å². The molecule has 1 aliphatic rings. The molecule has 1 heterocycles. The molecule has 1 atom stereocenters. The fourth-order valence-electron chi connectivity index (χ4n) is 3.68. The monoisotopic (exact) mass is 331 g/mol. The Bertz CT molecular complexity index is 868. The number of hydrogen-bond acceptors (Lipinski definition) is 2. The fraction of sp³-hybridized carbons (Fsp3) is 0.238. The lowest BCUT2D eigenvalue weighted by molar-refractivity contribution is 0.0715. The van der Waals surface area contributed by atoms with Crippen LogP contribution in [0.2, 0.25) is 0 Å². The number of aromatic amines is 1. The molecule has 1 aromatic heterocycles. The molecule has 126 valence electrons. The van der Waals surface area contributed by atoms with Crippen molar-refractivity contribution in [2.24, 2.45) is 0 Å². The minimum Gasteiger partial charge on any atom is -0.335 e. The molecule has 0 saturated heterocycles. The fourth-order valence-corrected chi connectivity index (χ4v) is 3.68. The Morgan fingerprint density at radius 3 is 2.68 bits per heavy atom. The van der Waals surface area contributed by atoms with E-state index in [9.17, 15) is 4.79 Å². The Morgan fingerprint density at radius 2 is 1.92 bits per heavy atom. The van der Waals surface area contributed by atoms with E-state index < -0.39 is 0 Å². The molecule has 1 amide bonds. The summed E-state index contributed by atoms with van der Waals surface area (Å²) < 4.78 is 0. The third kappa shape index (κ3) is 2.95. The Hall–Kier alpha value is -2.88. The molecule has 0 fully saturated rings. The molecule has 0 spiro atoms. The minimum absolute atomic E-state index is 0.0675. The minimum atomic E-state index is 0.0675. The predicted octanol–water partition coefficient (Wildman–Crippen LogP) is 4.23. The van der Waals surface area contributed by atoms with Crippen molar-refractivity contribution in [1.82, 2.24) is 15.1 Å². The number of nitrogens with one attached hydrogen (secondary N) is 1. The SMILES string of the molecule is CN(C(=O)c1ccc(-c2ccn[nH]2)cc1)[C@H]1CCCc2ccccc21. The summed E-state index contributed by atoms with van der Waals surface area (Å²) in [7, 11) is 1.91. The van der Waals surface area contributed by atoms with E-state index in [4.69, 9.17) is 0 Å². The number of rotatable bonds is 3. The van der Waals surface area contributed by atoms with E-state index in [2.05, 4.69) is 34.5 Å². The first-order chi connectivity index (χ1) is 12.2. The number of aryl methyl sites for hydroxylation is 1. The highest BCUT2D eigenvalue weighted by atomic mass is 16.2. The molecule has 0 radical (unpaired) electrons. The summed E-state index contributed by atoms with van der Waals surface area (Å²) in [5, 5.41) is 6.91. The van der Waals surface area contributed by atoms with Gasteiger partial charge in [0.15, 0.2) is 0 Å². The number of hydrogen-bond donors (Lipinski definition) is 1. The smallest absolute Gasteiger partial charge is 0.254 e. The molecule has 1 N–H and O–H groups in total. The van der Waals surface area contributed by atoms with Crippen LogP contribution in [-0.4, -0.2) is 28.1 Å². The van der Waals surface area contributed by atoms with Crippen LogP contribution >= 0.6 is 0 Å². The summed E-state index contributed by atoms with van der Waals surface area (Å²) in [5.74, 6) is 0.0675. The molecule has 25 heavy (non-hydrogen) atoms. The van der Waals surface area contributed by atoms with Crippen molar-refractivity contribution in [3.8, 4) is 11.3 Å². The van der Waals surface area contributed by atoms with Crippen molar-refractivity contribution in [3.63, 3.8) is 0 Å². The van der Waals surface area contributed by atoms with Gasteiger partial charge < -0.3 is 4.90 Å². The zero-order valence-corrected chi connectivity index (χ0v) is 14.3. The van der Waals surface area contributed by atoms with Gasteiger partial charge in [-0.2, -0.15) is 5.10 Å². The molecule has 1 aliphatic carbocycles. The van der Waals surface area contributed by atoms with E-state index in [1.165, 1.54) is 11.1 Å². The number of H-pyrrole nitrogens is 1. The molecule has 0 saturated carbocycles. The van der Waals surface area contributed by atoms with Gasteiger partial charge in [-0.15, -0.1) is 0 Å². The van der Waals surface area contributed by atoms with Crippen molar-refractivity contribution < 1.29 is 4.79 Å². The molecule has 0 bridgehead atoms. The summed E-state index contributed by atoms with van der Waals surface area (Å²) in [6.45, 7) is 0. The van der Waals surface area contributed by atoms with Crippen LogP contribution in [0, 0.1) is 0 Å². The molecule has 2 aromatic carbocycles.